The minimum Gasteiger partial charge on any atom is -0.458 e. The minimum absolute atomic E-state index is 0.0258. The molecule has 1 aromatic heterocycles. The number of fused-ring (bicyclic) bond motifs is 3. The fourth-order valence-electron chi connectivity index (χ4n) is 11.0. The van der Waals surface area contributed by atoms with Gasteiger partial charge in [0.05, 0.1) is 48.6 Å². The van der Waals surface area contributed by atoms with Crippen molar-refractivity contribution < 1.29 is 91.5 Å². The van der Waals surface area contributed by atoms with Crippen molar-refractivity contribution in [2.45, 2.75) is 153 Å². The van der Waals surface area contributed by atoms with Crippen molar-refractivity contribution in [3.63, 3.8) is 0 Å². The summed E-state index contributed by atoms with van der Waals surface area (Å²) < 4.78 is 32.6. The van der Waals surface area contributed by atoms with Gasteiger partial charge >= 0.3 is 12.0 Å². The second-order valence-corrected chi connectivity index (χ2v) is 22.6. The largest absolute Gasteiger partial charge is 0.458 e. The number of aldehydes is 1. The third-order valence-corrected chi connectivity index (χ3v) is 16.0. The van der Waals surface area contributed by atoms with Crippen molar-refractivity contribution >= 4 is 82.7 Å². The molecule has 0 unspecified atom stereocenters. The number of nitrogens with one attached hydrogen (secondary N) is 10. The van der Waals surface area contributed by atoms with Gasteiger partial charge in [-0.3, -0.25) is 58.1 Å². The lowest BCUT2D eigenvalue weighted by molar-refractivity contribution is -0.172. The monoisotopic (exact) mass is 1290 g/mol. The standard InChI is InChI=1S/C59H78FN13O19/c1-5-59(89)34-20-39-49(62)32(24-73(39)56(86)33(34)25-91-57(59)87)48-31-10-12-35(60)29(4)30(31)11-13-36(48)69-47(80)26-90-27-68-53(83)37(8-6-17-65-58(63)88)71-55(85)50(28(2)3)72-54(84)38(70-45(78)16-18-64-46(79)23-67-43(76)9-7-19-74)14-15-44(77)66-22-41-52(82)51(81)40(92-41)21-42(61)75/h7,9-10,12,19-20,28,36-38,40-41,50-52,62,81-82,89H,5-6,8,11,13-18,21-27H2,1-4H3,(H2,61,75)(H,64,79)(H,66,77)(H,67,76)(H,68,83)(H,69,80)(H,70,78)(H,71,85)(H,72,84)(H3,63,65,88)/b9-7-,48-32+,62-49?/t36-,37-,38-,40-,41+,50-,51-,52+,59-/m0/s1. The quantitative estimate of drug-likeness (QED) is 0.0111. The number of nitrogens with zero attached hydrogens (tertiary/aromatic N) is 1. The number of primary amides is 2. The first-order valence-corrected chi connectivity index (χ1v) is 29.7. The Bertz CT molecular complexity index is 3350. The molecule has 0 radical (unpaired) electrons. The van der Waals surface area contributed by atoms with Gasteiger partial charge in [0, 0.05) is 49.7 Å². The first-order chi connectivity index (χ1) is 43.6. The maximum atomic E-state index is 15.0. The molecule has 6 rings (SSSR count). The average Bonchev–Trinajstić information content (AvgIpc) is 1.48. The van der Waals surface area contributed by atoms with Crippen LogP contribution in [0, 0.1) is 24.1 Å². The highest BCUT2D eigenvalue weighted by atomic mass is 19.1. The minimum atomic E-state index is -2.14. The summed E-state index contributed by atoms with van der Waals surface area (Å²) >= 11 is 0. The summed E-state index contributed by atoms with van der Waals surface area (Å²) in [4.78, 5) is 166. The van der Waals surface area contributed by atoms with E-state index in [1.165, 1.54) is 22.8 Å². The van der Waals surface area contributed by atoms with Crippen LogP contribution in [0.1, 0.15) is 106 Å². The lowest BCUT2D eigenvalue weighted by Gasteiger charge is -2.31. The summed E-state index contributed by atoms with van der Waals surface area (Å²) in [5.74, 6) is -9.37. The molecule has 1 saturated heterocycles. The number of cyclic esters (lactones) is 1. The van der Waals surface area contributed by atoms with Gasteiger partial charge in [0.25, 0.3) is 5.56 Å². The van der Waals surface area contributed by atoms with E-state index < -0.39 is 189 Å². The number of carbonyl (C=O) groups is 12. The summed E-state index contributed by atoms with van der Waals surface area (Å²) in [7, 11) is 0. The number of esters is 1. The molecule has 1 fully saturated rings. The molecule has 4 aliphatic rings. The molecule has 9 atom stereocenters. The smallest absolute Gasteiger partial charge is 0.343 e. The molecule has 1 aliphatic carbocycles. The van der Waals surface area contributed by atoms with Crippen LogP contribution in [-0.4, -0.2) is 185 Å². The summed E-state index contributed by atoms with van der Waals surface area (Å²) in [5.41, 5.74) is 9.98. The number of pyridine rings is 1. The van der Waals surface area contributed by atoms with Crippen molar-refractivity contribution in [1.29, 1.82) is 5.41 Å². The zero-order chi connectivity index (χ0) is 67.7. The highest BCUT2D eigenvalue weighted by Gasteiger charge is 2.47. The molecule has 0 saturated carbocycles. The number of amides is 11. The fraction of sp³-hybridized carbons (Fsp3) is 0.525. The Morgan fingerprint density at radius 3 is 2.26 bits per heavy atom. The van der Waals surface area contributed by atoms with E-state index in [2.05, 4.69) is 47.9 Å². The van der Waals surface area contributed by atoms with Gasteiger partial charge in [-0.2, -0.15) is 0 Å². The normalized spacial score (nSPS) is 21.5. The Morgan fingerprint density at radius 1 is 0.859 bits per heavy atom. The van der Waals surface area contributed by atoms with Gasteiger partial charge < -0.3 is 93.4 Å². The van der Waals surface area contributed by atoms with Crippen LogP contribution < -0.4 is 64.9 Å². The molecule has 33 heteroatoms. The van der Waals surface area contributed by atoms with E-state index in [1.807, 2.05) is 0 Å². The third kappa shape index (κ3) is 18.2. The van der Waals surface area contributed by atoms with Crippen LogP contribution in [-0.2, 0) is 92.1 Å². The fourth-order valence-corrected chi connectivity index (χ4v) is 11.0. The molecular weight excluding hydrogens is 1210 g/mol. The van der Waals surface area contributed by atoms with Crippen LogP contribution in [0.5, 0.6) is 0 Å². The number of benzene rings is 1. The van der Waals surface area contributed by atoms with Gasteiger partial charge in [-0.25, -0.2) is 14.0 Å². The molecule has 0 bridgehead atoms. The number of allylic oxidation sites excluding steroid dienone is 2. The summed E-state index contributed by atoms with van der Waals surface area (Å²) in [6.07, 6.45) is -4.56. The van der Waals surface area contributed by atoms with Gasteiger partial charge in [-0.05, 0) is 91.8 Å². The highest BCUT2D eigenvalue weighted by molar-refractivity contribution is 6.17. The average molecular weight is 1290 g/mol. The van der Waals surface area contributed by atoms with Crippen LogP contribution in [0.15, 0.2) is 40.7 Å². The second kappa shape index (κ2) is 32.6. The predicted molar refractivity (Wildman–Crippen MR) is 319 cm³/mol. The second-order valence-electron chi connectivity index (χ2n) is 22.6. The molecule has 500 valence electrons. The Balaban J connectivity index is 1.11. The number of rotatable bonds is 31. The Hall–Kier alpha value is -9.31. The number of halogens is 1. The van der Waals surface area contributed by atoms with Crippen molar-refractivity contribution in [3.8, 4) is 0 Å². The summed E-state index contributed by atoms with van der Waals surface area (Å²) in [5, 5.41) is 63.9. The number of aliphatic hydroxyl groups excluding tert-OH is 2. The molecule has 11 amide bonds. The van der Waals surface area contributed by atoms with Crippen molar-refractivity contribution in [3.05, 3.63) is 85.6 Å². The first kappa shape index (κ1) is 71.8. The van der Waals surface area contributed by atoms with E-state index in [-0.39, 0.29) is 74.4 Å². The van der Waals surface area contributed by atoms with E-state index in [9.17, 15) is 83.1 Å². The molecule has 92 heavy (non-hydrogen) atoms. The van der Waals surface area contributed by atoms with E-state index in [0.717, 1.165) is 12.2 Å². The summed E-state index contributed by atoms with van der Waals surface area (Å²) in [6, 6.07) is -1.87. The zero-order valence-electron chi connectivity index (χ0n) is 51.0. The van der Waals surface area contributed by atoms with Crippen LogP contribution >= 0.6 is 0 Å². The molecule has 32 nitrogen and oxygen atoms in total. The number of ether oxygens (including phenoxy) is 3. The lowest BCUT2D eigenvalue weighted by atomic mass is 9.78. The number of urea groups is 1. The predicted octanol–water partition coefficient (Wildman–Crippen LogP) is -4.50. The lowest BCUT2D eigenvalue weighted by Crippen LogP contribution is -2.58. The number of carbonyl (C=O) groups excluding carboxylic acids is 12. The number of nitrogens with two attached hydrogens (primary N) is 2. The van der Waals surface area contributed by atoms with Gasteiger partial charge in [0.15, 0.2) is 5.60 Å². The van der Waals surface area contributed by atoms with Gasteiger partial charge in [0.1, 0.15) is 68.5 Å². The first-order valence-electron chi connectivity index (χ1n) is 29.7. The van der Waals surface area contributed by atoms with Crippen molar-refractivity contribution in [2.75, 3.05) is 39.5 Å². The Labute approximate surface area is 525 Å². The number of aliphatic hydroxyl groups is 3. The molecule has 3 aliphatic heterocycles. The van der Waals surface area contributed by atoms with E-state index in [0.29, 0.717) is 40.5 Å². The zero-order valence-corrected chi connectivity index (χ0v) is 51.0. The SMILES string of the molecule is CC[C@@]1(O)C(=O)OCc2c1cc1n(c2=O)C/C(=C2/c3ccc(F)c(C)c3CC[C@@H]2NC(=O)COCNC(=O)[C@H](CCCNC(N)=O)NC(=O)[C@@H](NC(=O)[C@H](CCC(=O)NC[C@H]2O[C@@H](CC(N)=O)[C@H](O)[C@@H]2O)NC(=O)CCNC(=O)CNC(=O)/C=C\C=O)C(C)C)C1=N. The van der Waals surface area contributed by atoms with Gasteiger partial charge in [-0.15, -0.1) is 0 Å². The van der Waals surface area contributed by atoms with Gasteiger partial charge in [-0.1, -0.05) is 26.8 Å². The molecular formula is C59H78FN13O19. The topological polar surface area (TPSA) is 499 Å². The van der Waals surface area contributed by atoms with Gasteiger partial charge in [0.2, 0.25) is 53.2 Å². The Kier molecular flexibility index (Phi) is 25.4. The van der Waals surface area contributed by atoms with E-state index >= 15 is 4.39 Å². The van der Waals surface area contributed by atoms with Crippen LogP contribution in [0.3, 0.4) is 0 Å². The highest BCUT2D eigenvalue weighted by Crippen LogP contribution is 2.40. The van der Waals surface area contributed by atoms with Crippen LogP contribution in [0.4, 0.5) is 9.18 Å². The number of hydrogen-bond acceptors (Lipinski definition) is 20. The molecule has 17 N–H and O–H groups in total. The van der Waals surface area contributed by atoms with Crippen LogP contribution in [0.25, 0.3) is 5.57 Å². The van der Waals surface area contributed by atoms with Crippen molar-refractivity contribution in [2.24, 2.45) is 17.4 Å². The maximum absolute atomic E-state index is 15.0. The number of aromatic nitrogens is 1. The number of hydrogen-bond donors (Lipinski definition) is 15. The molecule has 2 aromatic rings. The van der Waals surface area contributed by atoms with E-state index in [1.54, 1.807) is 27.7 Å². The molecule has 0 spiro atoms. The summed E-state index contributed by atoms with van der Waals surface area (Å²) in [6.45, 7) is 3.23. The third-order valence-electron chi connectivity index (χ3n) is 16.0. The van der Waals surface area contributed by atoms with E-state index in [4.69, 9.17) is 25.7 Å². The molecule has 1 aromatic carbocycles. The van der Waals surface area contributed by atoms with Crippen molar-refractivity contribution in [1.82, 2.24) is 52.4 Å². The van der Waals surface area contributed by atoms with Crippen LogP contribution in [0.2, 0.25) is 0 Å². The molecule has 4 heterocycles. The Morgan fingerprint density at radius 2 is 1.58 bits per heavy atom. The maximum Gasteiger partial charge on any atom is 0.343 e.